The average Bonchev–Trinajstić information content (AvgIpc) is 3.09. The molecule has 0 bridgehead atoms. The number of benzene rings is 1. The molecule has 26 heavy (non-hydrogen) atoms. The Morgan fingerprint density at radius 2 is 1.88 bits per heavy atom. The van der Waals surface area contributed by atoms with Gasteiger partial charge in [-0.15, -0.1) is 0 Å². The maximum Gasteiger partial charge on any atom is 0.328 e. The molecule has 3 rings (SSSR count). The second-order valence-corrected chi connectivity index (χ2v) is 7.31. The predicted octanol–water partition coefficient (Wildman–Crippen LogP) is 2.64. The number of carbonyl (C=O) groups excluding carboxylic acids is 2. The van der Waals surface area contributed by atoms with Crippen molar-refractivity contribution >= 4 is 11.9 Å². The third-order valence-corrected chi connectivity index (χ3v) is 5.53. The fraction of sp³-hybridized carbons (Fsp3) is 0.619. The van der Waals surface area contributed by atoms with Gasteiger partial charge in [0.2, 0.25) is 5.91 Å². The topological polar surface area (TPSA) is 49.9 Å². The second-order valence-electron chi connectivity index (χ2n) is 7.31. The van der Waals surface area contributed by atoms with Crippen LogP contribution in [0.5, 0.6) is 0 Å². The largest absolute Gasteiger partial charge is 0.464 e. The van der Waals surface area contributed by atoms with Crippen LogP contribution in [0.2, 0.25) is 0 Å². The average molecular weight is 358 g/mol. The number of carbonyl (C=O) groups is 2. The van der Waals surface area contributed by atoms with Gasteiger partial charge in [-0.25, -0.2) is 4.79 Å². The van der Waals surface area contributed by atoms with Gasteiger partial charge in [-0.1, -0.05) is 30.3 Å². The Morgan fingerprint density at radius 3 is 2.65 bits per heavy atom. The van der Waals surface area contributed by atoms with Crippen LogP contribution in [0.3, 0.4) is 0 Å². The molecule has 2 aliphatic heterocycles. The quantitative estimate of drug-likeness (QED) is 0.734. The number of likely N-dealkylation sites (tertiary alicyclic amines) is 2. The third kappa shape index (κ3) is 4.64. The fourth-order valence-corrected chi connectivity index (χ4v) is 4.20. The predicted molar refractivity (Wildman–Crippen MR) is 101 cm³/mol. The van der Waals surface area contributed by atoms with E-state index in [1.807, 2.05) is 13.0 Å². The molecule has 2 heterocycles. The highest BCUT2D eigenvalue weighted by molar-refractivity contribution is 5.85. The zero-order valence-corrected chi connectivity index (χ0v) is 15.7. The van der Waals surface area contributed by atoms with Crippen LogP contribution in [0.25, 0.3) is 0 Å². The molecule has 142 valence electrons. The van der Waals surface area contributed by atoms with E-state index in [2.05, 4.69) is 29.2 Å². The lowest BCUT2D eigenvalue weighted by Crippen LogP contribution is -2.52. The summed E-state index contributed by atoms with van der Waals surface area (Å²) in [6.45, 7) is 4.21. The summed E-state index contributed by atoms with van der Waals surface area (Å²) >= 11 is 0. The lowest BCUT2D eigenvalue weighted by Gasteiger charge is -2.36. The van der Waals surface area contributed by atoms with Gasteiger partial charge < -0.3 is 9.64 Å². The van der Waals surface area contributed by atoms with Gasteiger partial charge in [0.25, 0.3) is 0 Å². The normalized spacial score (nSPS) is 23.8. The zero-order chi connectivity index (χ0) is 18.4. The van der Waals surface area contributed by atoms with E-state index in [1.54, 1.807) is 4.90 Å². The lowest BCUT2D eigenvalue weighted by atomic mass is 10.0. The molecule has 5 nitrogen and oxygen atoms in total. The molecule has 2 aliphatic rings. The second kappa shape index (κ2) is 9.17. The van der Waals surface area contributed by atoms with E-state index in [0.29, 0.717) is 25.7 Å². The molecule has 2 atom stereocenters. The first kappa shape index (κ1) is 18.9. The molecule has 0 radical (unpaired) electrons. The summed E-state index contributed by atoms with van der Waals surface area (Å²) in [5.74, 6) is -0.175. The number of amides is 1. The van der Waals surface area contributed by atoms with Crippen LogP contribution in [-0.2, 0) is 20.7 Å². The van der Waals surface area contributed by atoms with Crippen molar-refractivity contribution in [3.63, 3.8) is 0 Å². The minimum absolute atomic E-state index is 0.0720. The van der Waals surface area contributed by atoms with Crippen molar-refractivity contribution in [3.05, 3.63) is 35.9 Å². The molecule has 1 aromatic carbocycles. The number of hydrogen-bond acceptors (Lipinski definition) is 4. The van der Waals surface area contributed by atoms with Gasteiger partial charge in [-0.3, -0.25) is 9.69 Å². The molecule has 0 saturated carbocycles. The molecule has 1 amide bonds. The van der Waals surface area contributed by atoms with Gasteiger partial charge >= 0.3 is 5.97 Å². The summed E-state index contributed by atoms with van der Waals surface area (Å²) in [4.78, 5) is 29.2. The zero-order valence-electron chi connectivity index (χ0n) is 15.7. The molecule has 0 N–H and O–H groups in total. The van der Waals surface area contributed by atoms with Crippen LogP contribution in [0.1, 0.15) is 44.6 Å². The highest BCUT2D eigenvalue weighted by Gasteiger charge is 2.35. The Kier molecular flexibility index (Phi) is 6.67. The van der Waals surface area contributed by atoms with Crippen molar-refractivity contribution in [1.82, 2.24) is 9.80 Å². The number of hydrogen-bond donors (Lipinski definition) is 0. The maximum atomic E-state index is 12.9. The molecule has 5 heteroatoms. The van der Waals surface area contributed by atoms with Crippen LogP contribution in [0, 0.1) is 0 Å². The van der Waals surface area contributed by atoms with Gasteiger partial charge in [0.05, 0.1) is 13.2 Å². The van der Waals surface area contributed by atoms with Gasteiger partial charge in [0.15, 0.2) is 0 Å². The Morgan fingerprint density at radius 1 is 1.08 bits per heavy atom. The first-order valence-corrected chi connectivity index (χ1v) is 9.93. The van der Waals surface area contributed by atoms with Crippen molar-refractivity contribution in [3.8, 4) is 0 Å². The highest BCUT2D eigenvalue weighted by Crippen LogP contribution is 2.23. The van der Waals surface area contributed by atoms with Gasteiger partial charge in [0, 0.05) is 12.6 Å². The molecule has 0 spiro atoms. The molecule has 2 fully saturated rings. The SMILES string of the molecule is CCOC(=O)C1CCCCN1C(=O)CN1CCCC1Cc1ccccc1. The first-order valence-electron chi connectivity index (χ1n) is 9.93. The molecule has 2 saturated heterocycles. The van der Waals surface area contributed by atoms with Crippen LogP contribution >= 0.6 is 0 Å². The van der Waals surface area contributed by atoms with E-state index in [-0.39, 0.29) is 11.9 Å². The standard InChI is InChI=1S/C21H30N2O3/c1-2-26-21(25)19-12-6-7-14-23(19)20(24)16-22-13-8-11-18(22)15-17-9-4-3-5-10-17/h3-5,9-10,18-19H,2,6-8,11-16H2,1H3. The maximum absolute atomic E-state index is 12.9. The summed E-state index contributed by atoms with van der Waals surface area (Å²) in [6, 6.07) is 10.5. The third-order valence-electron chi connectivity index (χ3n) is 5.53. The summed E-state index contributed by atoms with van der Waals surface area (Å²) in [5.41, 5.74) is 1.32. The smallest absolute Gasteiger partial charge is 0.328 e. The Hall–Kier alpha value is -1.88. The van der Waals surface area contributed by atoms with Crippen LogP contribution in [0.4, 0.5) is 0 Å². The Labute approximate surface area is 156 Å². The number of ether oxygens (including phenoxy) is 1. The van der Waals surface area contributed by atoms with E-state index in [0.717, 1.165) is 45.1 Å². The number of nitrogens with zero attached hydrogens (tertiary/aromatic N) is 2. The van der Waals surface area contributed by atoms with Crippen LogP contribution in [0.15, 0.2) is 30.3 Å². The molecule has 0 aliphatic carbocycles. The molecule has 1 aromatic rings. The van der Waals surface area contributed by atoms with E-state index in [9.17, 15) is 9.59 Å². The lowest BCUT2D eigenvalue weighted by molar-refractivity contribution is -0.157. The van der Waals surface area contributed by atoms with E-state index < -0.39 is 6.04 Å². The van der Waals surface area contributed by atoms with Gasteiger partial charge in [0.1, 0.15) is 6.04 Å². The van der Waals surface area contributed by atoms with Crippen molar-refractivity contribution in [2.24, 2.45) is 0 Å². The molecule has 2 unspecified atom stereocenters. The monoisotopic (exact) mass is 358 g/mol. The highest BCUT2D eigenvalue weighted by atomic mass is 16.5. The Balaban J connectivity index is 1.61. The van der Waals surface area contributed by atoms with Gasteiger partial charge in [-0.2, -0.15) is 0 Å². The minimum Gasteiger partial charge on any atom is -0.464 e. The summed E-state index contributed by atoms with van der Waals surface area (Å²) in [5, 5.41) is 0. The number of esters is 1. The summed E-state index contributed by atoms with van der Waals surface area (Å²) < 4.78 is 5.19. The molecular weight excluding hydrogens is 328 g/mol. The van der Waals surface area contributed by atoms with E-state index in [4.69, 9.17) is 4.74 Å². The molecule has 0 aromatic heterocycles. The summed E-state index contributed by atoms with van der Waals surface area (Å²) in [6.07, 6.45) is 5.91. The number of piperidine rings is 1. The van der Waals surface area contributed by atoms with E-state index in [1.165, 1.54) is 5.56 Å². The summed E-state index contributed by atoms with van der Waals surface area (Å²) in [7, 11) is 0. The van der Waals surface area contributed by atoms with Crippen LogP contribution < -0.4 is 0 Å². The Bertz CT molecular complexity index is 605. The van der Waals surface area contributed by atoms with Crippen molar-refractivity contribution in [1.29, 1.82) is 0 Å². The first-order chi connectivity index (χ1) is 12.7. The minimum atomic E-state index is -0.397. The van der Waals surface area contributed by atoms with Crippen molar-refractivity contribution < 1.29 is 14.3 Å². The van der Waals surface area contributed by atoms with Crippen molar-refractivity contribution in [2.75, 3.05) is 26.2 Å². The van der Waals surface area contributed by atoms with Gasteiger partial charge in [-0.05, 0) is 57.6 Å². The van der Waals surface area contributed by atoms with E-state index >= 15 is 0 Å². The molecular formula is C21H30N2O3. The van der Waals surface area contributed by atoms with Crippen LogP contribution in [-0.4, -0.2) is 60.0 Å². The fourth-order valence-electron chi connectivity index (χ4n) is 4.20. The van der Waals surface area contributed by atoms with Crippen molar-refractivity contribution in [2.45, 2.75) is 57.5 Å². The number of rotatable bonds is 6.